The fourth-order valence-corrected chi connectivity index (χ4v) is 5.23. The zero-order valence-corrected chi connectivity index (χ0v) is 16.1. The highest BCUT2D eigenvalue weighted by Crippen LogP contribution is 2.39. The smallest absolute Gasteiger partial charge is 0.272 e. The van der Waals surface area contributed by atoms with Crippen LogP contribution in [0.25, 0.3) is 0 Å². The van der Waals surface area contributed by atoms with Gasteiger partial charge in [0.1, 0.15) is 5.70 Å². The largest absolute Gasteiger partial charge is 0.364 e. The van der Waals surface area contributed by atoms with Crippen molar-refractivity contribution in [2.45, 2.75) is 63.8 Å². The van der Waals surface area contributed by atoms with Gasteiger partial charge in [0.25, 0.3) is 11.6 Å². The summed E-state index contributed by atoms with van der Waals surface area (Å²) in [5.74, 6) is -0.373. The summed E-state index contributed by atoms with van der Waals surface area (Å²) in [5, 5.41) is 13.1. The topological polar surface area (TPSA) is 89.5 Å². The lowest BCUT2D eigenvalue weighted by atomic mass is 9.93. The third-order valence-electron chi connectivity index (χ3n) is 5.39. The molecule has 2 aliphatic rings. The molecule has 0 radical (unpaired) electrons. The zero-order chi connectivity index (χ0) is 18.8. The number of benzene rings is 1. The van der Waals surface area contributed by atoms with E-state index in [2.05, 4.69) is 4.90 Å². The molecule has 0 saturated heterocycles. The number of aryl methyl sites for hydroxylation is 2. The fraction of sp³-hybridized carbons (Fsp3) is 0.526. The van der Waals surface area contributed by atoms with Crippen LogP contribution < -0.4 is 5.73 Å². The van der Waals surface area contributed by atoms with E-state index in [-0.39, 0.29) is 21.9 Å². The van der Waals surface area contributed by atoms with Gasteiger partial charge in [0, 0.05) is 29.5 Å². The molecule has 0 spiro atoms. The molecule has 1 aromatic carbocycles. The number of carbonyl (C=O) groups is 1. The van der Waals surface area contributed by atoms with E-state index in [4.69, 9.17) is 5.73 Å². The van der Waals surface area contributed by atoms with Crippen LogP contribution in [0.4, 0.5) is 5.69 Å². The van der Waals surface area contributed by atoms with Crippen LogP contribution in [0.2, 0.25) is 0 Å². The van der Waals surface area contributed by atoms with Crippen LogP contribution in [-0.2, 0) is 11.2 Å². The van der Waals surface area contributed by atoms with E-state index < -0.39 is 0 Å². The van der Waals surface area contributed by atoms with E-state index in [1.807, 2.05) is 18.4 Å². The summed E-state index contributed by atoms with van der Waals surface area (Å²) in [5.41, 5.74) is 9.07. The Kier molecular flexibility index (Phi) is 5.55. The summed E-state index contributed by atoms with van der Waals surface area (Å²) in [7, 11) is 0. The Morgan fingerprint density at radius 1 is 1.27 bits per heavy atom. The summed E-state index contributed by atoms with van der Waals surface area (Å²) < 4.78 is 0. The Bertz CT molecular complexity index is 757. The first kappa shape index (κ1) is 18.8. The van der Waals surface area contributed by atoms with Crippen LogP contribution in [0, 0.1) is 24.0 Å². The average Bonchev–Trinajstić information content (AvgIpc) is 3.02. The number of primary amides is 1. The first-order valence-corrected chi connectivity index (χ1v) is 10.0. The molecule has 1 atom stereocenters. The normalized spacial score (nSPS) is 20.9. The quantitative estimate of drug-likeness (QED) is 0.625. The molecule has 1 saturated carbocycles. The fourth-order valence-electron chi connectivity index (χ4n) is 4.01. The number of carbonyl (C=O) groups excluding carboxylic acids is 1. The highest BCUT2D eigenvalue weighted by molar-refractivity contribution is 8.03. The highest BCUT2D eigenvalue weighted by Gasteiger charge is 2.36. The molecule has 1 unspecified atom stereocenters. The van der Waals surface area contributed by atoms with E-state index >= 15 is 0 Å². The first-order chi connectivity index (χ1) is 12.4. The summed E-state index contributed by atoms with van der Waals surface area (Å²) in [6.45, 7) is 3.68. The van der Waals surface area contributed by atoms with Crippen LogP contribution in [0.15, 0.2) is 23.2 Å². The van der Waals surface area contributed by atoms with Crippen molar-refractivity contribution in [3.05, 3.63) is 50.0 Å². The molecule has 1 aromatic rings. The van der Waals surface area contributed by atoms with Gasteiger partial charge in [0.2, 0.25) is 0 Å². The van der Waals surface area contributed by atoms with Crippen LogP contribution in [0.5, 0.6) is 0 Å². The van der Waals surface area contributed by atoms with Gasteiger partial charge in [-0.1, -0.05) is 19.3 Å². The maximum atomic E-state index is 11.9. The molecule has 7 heteroatoms. The lowest BCUT2D eigenvalue weighted by Crippen LogP contribution is -2.43. The second-order valence-corrected chi connectivity index (χ2v) is 8.24. The predicted octanol–water partition coefficient (Wildman–Crippen LogP) is 3.79. The molecule has 6 nitrogen and oxygen atoms in total. The van der Waals surface area contributed by atoms with Crippen molar-refractivity contribution in [1.29, 1.82) is 0 Å². The highest BCUT2D eigenvalue weighted by atomic mass is 32.2. The van der Waals surface area contributed by atoms with Crippen molar-refractivity contribution in [2.24, 2.45) is 5.73 Å². The SMILES string of the molecule is Cc1cc([N+](=O)[O-])c(C)cc1CC1SC=C(C(N)=O)N1C1CCCCC1. The average molecular weight is 375 g/mol. The molecule has 1 heterocycles. The predicted molar refractivity (Wildman–Crippen MR) is 104 cm³/mol. The number of nitrogens with zero attached hydrogens (tertiary/aromatic N) is 2. The molecule has 1 aliphatic heterocycles. The Morgan fingerprint density at radius 3 is 2.58 bits per heavy atom. The van der Waals surface area contributed by atoms with Crippen molar-refractivity contribution in [3.63, 3.8) is 0 Å². The van der Waals surface area contributed by atoms with Gasteiger partial charge in [-0.15, -0.1) is 11.8 Å². The maximum Gasteiger partial charge on any atom is 0.272 e. The molecular weight excluding hydrogens is 350 g/mol. The first-order valence-electron chi connectivity index (χ1n) is 9.06. The number of hydrogen-bond acceptors (Lipinski definition) is 5. The summed E-state index contributed by atoms with van der Waals surface area (Å²) in [4.78, 5) is 24.9. The number of rotatable bonds is 5. The Balaban J connectivity index is 1.85. The lowest BCUT2D eigenvalue weighted by Gasteiger charge is -2.38. The Labute approximate surface area is 158 Å². The van der Waals surface area contributed by atoms with E-state index in [0.717, 1.165) is 30.4 Å². The minimum absolute atomic E-state index is 0.111. The van der Waals surface area contributed by atoms with Gasteiger partial charge in [-0.3, -0.25) is 14.9 Å². The van der Waals surface area contributed by atoms with Gasteiger partial charge in [0.15, 0.2) is 0 Å². The molecular formula is C19H25N3O3S. The van der Waals surface area contributed by atoms with Crippen molar-refractivity contribution in [3.8, 4) is 0 Å². The third-order valence-corrected chi connectivity index (χ3v) is 6.46. The van der Waals surface area contributed by atoms with Gasteiger partial charge >= 0.3 is 0 Å². The number of hydrogen-bond donors (Lipinski definition) is 1. The molecule has 140 valence electrons. The number of nitro benzene ring substituents is 1. The van der Waals surface area contributed by atoms with Crippen LogP contribution >= 0.6 is 11.8 Å². The van der Waals surface area contributed by atoms with E-state index in [0.29, 0.717) is 17.3 Å². The second kappa shape index (κ2) is 7.70. The number of nitrogens with two attached hydrogens (primary N) is 1. The van der Waals surface area contributed by atoms with Crippen molar-refractivity contribution in [2.75, 3.05) is 0 Å². The molecule has 0 bridgehead atoms. The molecule has 1 fully saturated rings. The molecule has 3 rings (SSSR count). The Morgan fingerprint density at radius 2 is 1.96 bits per heavy atom. The summed E-state index contributed by atoms with van der Waals surface area (Å²) >= 11 is 1.63. The van der Waals surface area contributed by atoms with E-state index in [1.54, 1.807) is 24.8 Å². The summed E-state index contributed by atoms with van der Waals surface area (Å²) in [6, 6.07) is 3.91. The van der Waals surface area contributed by atoms with E-state index in [9.17, 15) is 14.9 Å². The molecule has 1 amide bonds. The van der Waals surface area contributed by atoms with Gasteiger partial charge in [0.05, 0.1) is 10.3 Å². The molecule has 0 aromatic heterocycles. The minimum Gasteiger partial charge on any atom is -0.364 e. The number of amides is 1. The van der Waals surface area contributed by atoms with Crippen LogP contribution in [0.1, 0.15) is 48.8 Å². The zero-order valence-electron chi connectivity index (χ0n) is 15.2. The van der Waals surface area contributed by atoms with Crippen LogP contribution in [0.3, 0.4) is 0 Å². The van der Waals surface area contributed by atoms with Crippen molar-refractivity contribution < 1.29 is 9.72 Å². The van der Waals surface area contributed by atoms with Crippen LogP contribution in [-0.4, -0.2) is 27.1 Å². The lowest BCUT2D eigenvalue weighted by molar-refractivity contribution is -0.385. The number of thioether (sulfide) groups is 1. The van der Waals surface area contributed by atoms with Gasteiger partial charge in [-0.05, 0) is 43.9 Å². The third kappa shape index (κ3) is 3.72. The van der Waals surface area contributed by atoms with E-state index in [1.165, 1.54) is 19.3 Å². The maximum absolute atomic E-state index is 11.9. The number of nitro groups is 1. The van der Waals surface area contributed by atoms with Gasteiger partial charge < -0.3 is 10.6 Å². The standard InChI is InChI=1S/C19H25N3O3S/c1-12-9-16(22(24)25)13(2)8-14(12)10-18-21(15-6-4-3-5-7-15)17(11-26-18)19(20)23/h8-9,11,15,18H,3-7,10H2,1-2H3,(H2,20,23). The summed E-state index contributed by atoms with van der Waals surface area (Å²) in [6.07, 6.45) is 6.51. The minimum atomic E-state index is -0.373. The monoisotopic (exact) mass is 375 g/mol. The van der Waals surface area contributed by atoms with Crippen molar-refractivity contribution in [1.82, 2.24) is 4.90 Å². The molecule has 1 aliphatic carbocycles. The van der Waals surface area contributed by atoms with Gasteiger partial charge in [-0.2, -0.15) is 0 Å². The molecule has 2 N–H and O–H groups in total. The van der Waals surface area contributed by atoms with Gasteiger partial charge in [-0.25, -0.2) is 0 Å². The second-order valence-electron chi connectivity index (χ2n) is 7.18. The Hall–Kier alpha value is -2.02. The van der Waals surface area contributed by atoms with Crippen molar-refractivity contribution >= 4 is 23.4 Å². The molecule has 26 heavy (non-hydrogen) atoms.